The molecule has 9 heteroatoms. The highest BCUT2D eigenvalue weighted by Crippen LogP contribution is 2.44. The summed E-state index contributed by atoms with van der Waals surface area (Å²) in [5, 5.41) is 51.7. The zero-order valence-corrected chi connectivity index (χ0v) is 18.7. The van der Waals surface area contributed by atoms with Crippen LogP contribution in [0.2, 0.25) is 5.02 Å². The molecule has 5 N–H and O–H groups in total. The second-order valence-electron chi connectivity index (χ2n) is 7.79. The summed E-state index contributed by atoms with van der Waals surface area (Å²) >= 11 is 6.42. The molecule has 1 aliphatic rings. The van der Waals surface area contributed by atoms with Gasteiger partial charge in [-0.3, -0.25) is 0 Å². The largest absolute Gasteiger partial charge is 0.494 e. The first-order chi connectivity index (χ1) is 15.3. The van der Waals surface area contributed by atoms with Crippen molar-refractivity contribution >= 4 is 11.6 Å². The molecule has 0 aromatic heterocycles. The van der Waals surface area contributed by atoms with Crippen LogP contribution in [0.25, 0.3) is 0 Å². The molecule has 0 amide bonds. The molecule has 3 rings (SSSR count). The van der Waals surface area contributed by atoms with Crippen molar-refractivity contribution in [3.8, 4) is 5.75 Å². The lowest BCUT2D eigenvalue weighted by molar-refractivity contribution is -0.401. The Morgan fingerprint density at radius 3 is 2.22 bits per heavy atom. The fourth-order valence-corrected chi connectivity index (χ4v) is 4.14. The van der Waals surface area contributed by atoms with Crippen LogP contribution in [0.3, 0.4) is 0 Å². The van der Waals surface area contributed by atoms with Crippen LogP contribution >= 0.6 is 11.6 Å². The Hall–Kier alpha value is -1.75. The topological polar surface area (TPSA) is 129 Å². The van der Waals surface area contributed by atoms with E-state index in [0.717, 1.165) is 11.3 Å². The van der Waals surface area contributed by atoms with Crippen molar-refractivity contribution in [2.24, 2.45) is 0 Å². The Morgan fingerprint density at radius 2 is 1.66 bits per heavy atom. The standard InChI is InChI=1S/C23H29ClO8/c1-3-31-17-7-4-14(5-8-17)10-15-11-16(6-9-18(15)24)23(30-2)21(29)19(27)20(28)22(12-25,13-26)32-23/h4-9,11,19-21,25-29H,3,10,12-13H2,1-2H3/t19-,20-,21+,23?/m0/s1. The molecule has 0 aliphatic carbocycles. The van der Waals surface area contributed by atoms with E-state index in [-0.39, 0.29) is 0 Å². The third-order valence-electron chi connectivity index (χ3n) is 5.85. The lowest BCUT2D eigenvalue weighted by Crippen LogP contribution is -2.71. The molecule has 32 heavy (non-hydrogen) atoms. The lowest BCUT2D eigenvalue weighted by Gasteiger charge is -2.52. The van der Waals surface area contributed by atoms with Gasteiger partial charge in [0.2, 0.25) is 5.79 Å². The molecule has 1 aliphatic heterocycles. The molecule has 0 spiro atoms. The van der Waals surface area contributed by atoms with E-state index in [1.807, 2.05) is 31.2 Å². The van der Waals surface area contributed by atoms with Crippen LogP contribution in [-0.2, 0) is 21.7 Å². The molecule has 2 aromatic rings. The van der Waals surface area contributed by atoms with Crippen LogP contribution in [0, 0.1) is 0 Å². The number of rotatable bonds is 8. The number of hydrogen-bond acceptors (Lipinski definition) is 8. The van der Waals surface area contributed by atoms with Crippen molar-refractivity contribution in [3.63, 3.8) is 0 Å². The maximum Gasteiger partial charge on any atom is 0.225 e. The Labute approximate surface area is 191 Å². The van der Waals surface area contributed by atoms with Gasteiger partial charge in [0.25, 0.3) is 0 Å². The molecule has 0 radical (unpaired) electrons. The van der Waals surface area contributed by atoms with Gasteiger partial charge in [-0.05, 0) is 48.7 Å². The first-order valence-electron chi connectivity index (χ1n) is 10.3. The highest BCUT2D eigenvalue weighted by atomic mass is 35.5. The van der Waals surface area contributed by atoms with Gasteiger partial charge in [0, 0.05) is 17.7 Å². The molecule has 4 atom stereocenters. The van der Waals surface area contributed by atoms with Crippen LogP contribution in [0.4, 0.5) is 0 Å². The van der Waals surface area contributed by atoms with Crippen LogP contribution in [0.15, 0.2) is 42.5 Å². The summed E-state index contributed by atoms with van der Waals surface area (Å²) in [5.74, 6) is -1.22. The van der Waals surface area contributed by atoms with Crippen LogP contribution in [0.5, 0.6) is 5.75 Å². The molecular weight excluding hydrogens is 440 g/mol. The predicted octanol–water partition coefficient (Wildman–Crippen LogP) is 0.965. The number of halogens is 1. The number of aliphatic hydroxyl groups is 5. The molecule has 176 valence electrons. The van der Waals surface area contributed by atoms with E-state index in [2.05, 4.69) is 0 Å². The molecule has 0 saturated carbocycles. The third-order valence-corrected chi connectivity index (χ3v) is 6.21. The van der Waals surface area contributed by atoms with E-state index >= 15 is 0 Å². The zero-order valence-electron chi connectivity index (χ0n) is 17.9. The normalized spacial score (nSPS) is 27.3. The van der Waals surface area contributed by atoms with Gasteiger partial charge in [-0.25, -0.2) is 0 Å². The zero-order chi connectivity index (χ0) is 23.5. The predicted molar refractivity (Wildman–Crippen MR) is 117 cm³/mol. The van der Waals surface area contributed by atoms with Gasteiger partial charge < -0.3 is 39.7 Å². The number of benzene rings is 2. The van der Waals surface area contributed by atoms with Crippen molar-refractivity contribution in [2.75, 3.05) is 26.9 Å². The smallest absolute Gasteiger partial charge is 0.225 e. The average molecular weight is 469 g/mol. The molecule has 2 aromatic carbocycles. The number of ether oxygens (including phenoxy) is 3. The van der Waals surface area contributed by atoms with E-state index in [4.69, 9.17) is 25.8 Å². The van der Waals surface area contributed by atoms with Gasteiger partial charge in [-0.15, -0.1) is 0 Å². The number of methoxy groups -OCH3 is 1. The van der Waals surface area contributed by atoms with E-state index < -0.39 is 42.9 Å². The van der Waals surface area contributed by atoms with E-state index in [9.17, 15) is 25.5 Å². The summed E-state index contributed by atoms with van der Waals surface area (Å²) < 4.78 is 16.8. The van der Waals surface area contributed by atoms with Crippen molar-refractivity contribution < 1.29 is 39.7 Å². The molecule has 0 bridgehead atoms. The number of aliphatic hydroxyl groups excluding tert-OH is 5. The highest BCUT2D eigenvalue weighted by Gasteiger charge is 2.61. The summed E-state index contributed by atoms with van der Waals surface area (Å²) in [6.45, 7) is 0.849. The molecular formula is C23H29ClO8. The second kappa shape index (κ2) is 10.0. The summed E-state index contributed by atoms with van der Waals surface area (Å²) in [7, 11) is 1.26. The molecule has 1 saturated heterocycles. The van der Waals surface area contributed by atoms with Crippen LogP contribution < -0.4 is 4.74 Å². The minimum absolute atomic E-state index is 0.301. The van der Waals surface area contributed by atoms with Crippen molar-refractivity contribution in [3.05, 3.63) is 64.2 Å². The highest BCUT2D eigenvalue weighted by molar-refractivity contribution is 6.31. The van der Waals surface area contributed by atoms with Gasteiger partial charge in [-0.2, -0.15) is 0 Å². The Bertz CT molecular complexity index is 901. The van der Waals surface area contributed by atoms with Crippen molar-refractivity contribution in [1.82, 2.24) is 0 Å². The monoisotopic (exact) mass is 468 g/mol. The Balaban J connectivity index is 2.00. The maximum absolute atomic E-state index is 10.8. The van der Waals surface area contributed by atoms with Crippen molar-refractivity contribution in [2.45, 2.75) is 43.0 Å². The summed E-state index contributed by atoms with van der Waals surface area (Å²) in [5.41, 5.74) is -0.00163. The van der Waals surface area contributed by atoms with Crippen LogP contribution in [0.1, 0.15) is 23.6 Å². The summed E-state index contributed by atoms with van der Waals surface area (Å²) in [6, 6.07) is 12.4. The van der Waals surface area contributed by atoms with Gasteiger partial charge in [0.15, 0.2) is 0 Å². The fraction of sp³-hybridized carbons (Fsp3) is 0.478. The van der Waals surface area contributed by atoms with Gasteiger partial charge in [0.05, 0.1) is 19.8 Å². The SMILES string of the molecule is CCOc1ccc(Cc2cc(C3(OC)OC(CO)(CO)[C@@H](O)[C@H](O)[C@H]3O)ccc2Cl)cc1. The van der Waals surface area contributed by atoms with E-state index in [1.54, 1.807) is 18.2 Å². The average Bonchev–Trinajstić information content (AvgIpc) is 2.81. The van der Waals surface area contributed by atoms with Gasteiger partial charge in [0.1, 0.15) is 29.7 Å². The fourth-order valence-electron chi connectivity index (χ4n) is 3.96. The van der Waals surface area contributed by atoms with Gasteiger partial charge >= 0.3 is 0 Å². The molecule has 1 heterocycles. The summed E-state index contributed by atoms with van der Waals surface area (Å²) in [6.07, 6.45) is -4.77. The Morgan fingerprint density at radius 1 is 1.00 bits per heavy atom. The first-order valence-corrected chi connectivity index (χ1v) is 10.7. The van der Waals surface area contributed by atoms with Crippen LogP contribution in [-0.4, -0.2) is 76.4 Å². The molecule has 1 unspecified atom stereocenters. The minimum atomic E-state index is -1.97. The molecule has 1 fully saturated rings. The second-order valence-corrected chi connectivity index (χ2v) is 8.20. The minimum Gasteiger partial charge on any atom is -0.494 e. The third kappa shape index (κ3) is 4.37. The van der Waals surface area contributed by atoms with Crippen molar-refractivity contribution in [1.29, 1.82) is 0 Å². The Kier molecular flexibility index (Phi) is 7.80. The van der Waals surface area contributed by atoms with E-state index in [0.29, 0.717) is 29.2 Å². The number of hydrogen-bond donors (Lipinski definition) is 5. The van der Waals surface area contributed by atoms with E-state index in [1.165, 1.54) is 7.11 Å². The molecule has 8 nitrogen and oxygen atoms in total. The quantitative estimate of drug-likeness (QED) is 0.387. The summed E-state index contributed by atoms with van der Waals surface area (Å²) in [4.78, 5) is 0. The lowest BCUT2D eigenvalue weighted by atomic mass is 9.81. The first kappa shape index (κ1) is 24.9. The maximum atomic E-state index is 10.8. The van der Waals surface area contributed by atoms with Gasteiger partial charge in [-0.1, -0.05) is 29.8 Å².